The topological polar surface area (TPSA) is 21.3 Å². The van der Waals surface area contributed by atoms with Crippen molar-refractivity contribution in [2.75, 3.05) is 19.8 Å². The standard InChI is InChI=1S/C14H18FNO/c15-12-5-3-4-11(8-12)14(9-17-10-14)13-6-1-2-7-16-13/h3-5,8,13,16H,1-2,6-7,9-10H2. The smallest absolute Gasteiger partial charge is 0.123 e. The number of hydrogen-bond donors (Lipinski definition) is 1. The number of benzene rings is 1. The summed E-state index contributed by atoms with van der Waals surface area (Å²) in [6.07, 6.45) is 3.67. The maximum Gasteiger partial charge on any atom is 0.123 e. The molecule has 2 fully saturated rings. The highest BCUT2D eigenvalue weighted by molar-refractivity contribution is 5.31. The molecule has 0 spiro atoms. The SMILES string of the molecule is Fc1cccc(C2(C3CCCCN3)COC2)c1. The van der Waals surface area contributed by atoms with Gasteiger partial charge in [-0.2, -0.15) is 0 Å². The molecule has 3 heteroatoms. The van der Waals surface area contributed by atoms with Crippen LogP contribution in [0.2, 0.25) is 0 Å². The summed E-state index contributed by atoms with van der Waals surface area (Å²) in [5, 5.41) is 3.58. The van der Waals surface area contributed by atoms with Gasteiger partial charge in [-0.15, -0.1) is 0 Å². The van der Waals surface area contributed by atoms with E-state index in [1.807, 2.05) is 6.07 Å². The first-order chi connectivity index (χ1) is 8.31. The summed E-state index contributed by atoms with van der Waals surface area (Å²) in [6, 6.07) is 7.44. The zero-order chi connectivity index (χ0) is 11.7. The van der Waals surface area contributed by atoms with E-state index in [0.717, 1.165) is 12.1 Å². The van der Waals surface area contributed by atoms with Gasteiger partial charge in [-0.05, 0) is 37.1 Å². The van der Waals surface area contributed by atoms with Crippen LogP contribution < -0.4 is 5.32 Å². The zero-order valence-electron chi connectivity index (χ0n) is 9.92. The lowest BCUT2D eigenvalue weighted by molar-refractivity contribution is -0.0828. The van der Waals surface area contributed by atoms with Crippen LogP contribution in [0.1, 0.15) is 24.8 Å². The van der Waals surface area contributed by atoms with E-state index < -0.39 is 0 Å². The molecule has 0 aliphatic carbocycles. The first kappa shape index (κ1) is 11.2. The molecule has 2 aliphatic rings. The lowest BCUT2D eigenvalue weighted by Gasteiger charge is -2.49. The molecular formula is C14H18FNO. The summed E-state index contributed by atoms with van der Waals surface area (Å²) in [5.41, 5.74) is 1.09. The second kappa shape index (κ2) is 4.39. The van der Waals surface area contributed by atoms with Crippen LogP contribution in [0.25, 0.3) is 0 Å². The van der Waals surface area contributed by atoms with Crippen LogP contribution >= 0.6 is 0 Å². The maximum absolute atomic E-state index is 13.4. The molecular weight excluding hydrogens is 217 g/mol. The Hall–Kier alpha value is -0.930. The van der Waals surface area contributed by atoms with Crippen LogP contribution in [0.3, 0.4) is 0 Å². The van der Waals surface area contributed by atoms with Crippen molar-refractivity contribution < 1.29 is 9.13 Å². The molecule has 2 nitrogen and oxygen atoms in total. The highest BCUT2D eigenvalue weighted by atomic mass is 19.1. The molecule has 0 radical (unpaired) electrons. The van der Waals surface area contributed by atoms with Crippen molar-refractivity contribution in [2.45, 2.75) is 30.7 Å². The Balaban J connectivity index is 1.90. The first-order valence-corrected chi connectivity index (χ1v) is 6.38. The average Bonchev–Trinajstić information content (AvgIpc) is 2.29. The lowest BCUT2D eigenvalue weighted by Crippen LogP contribution is -2.61. The predicted molar refractivity (Wildman–Crippen MR) is 64.5 cm³/mol. The molecule has 1 aromatic carbocycles. The van der Waals surface area contributed by atoms with Crippen molar-refractivity contribution >= 4 is 0 Å². The molecule has 0 saturated carbocycles. The van der Waals surface area contributed by atoms with Gasteiger partial charge in [0.1, 0.15) is 5.82 Å². The van der Waals surface area contributed by atoms with E-state index in [1.54, 1.807) is 12.1 Å². The Morgan fingerprint density at radius 1 is 1.29 bits per heavy atom. The van der Waals surface area contributed by atoms with Gasteiger partial charge in [0.2, 0.25) is 0 Å². The van der Waals surface area contributed by atoms with Crippen molar-refractivity contribution in [3.8, 4) is 0 Å². The van der Waals surface area contributed by atoms with Gasteiger partial charge in [0.15, 0.2) is 0 Å². The molecule has 1 aromatic rings. The Labute approximate surface area is 101 Å². The Kier molecular flexibility index (Phi) is 2.89. The second-order valence-corrected chi connectivity index (χ2v) is 5.16. The molecule has 1 atom stereocenters. The summed E-state index contributed by atoms with van der Waals surface area (Å²) < 4.78 is 18.8. The van der Waals surface area contributed by atoms with Crippen molar-refractivity contribution in [3.63, 3.8) is 0 Å². The monoisotopic (exact) mass is 235 g/mol. The van der Waals surface area contributed by atoms with Gasteiger partial charge >= 0.3 is 0 Å². The summed E-state index contributed by atoms with van der Waals surface area (Å²) in [6.45, 7) is 2.50. The third-order valence-electron chi connectivity index (χ3n) is 4.10. The minimum Gasteiger partial charge on any atom is -0.379 e. The number of ether oxygens (including phenoxy) is 1. The normalized spacial score (nSPS) is 27.5. The van der Waals surface area contributed by atoms with E-state index in [0.29, 0.717) is 19.3 Å². The van der Waals surface area contributed by atoms with Gasteiger partial charge in [0.25, 0.3) is 0 Å². The van der Waals surface area contributed by atoms with Crippen LogP contribution in [0, 0.1) is 5.82 Å². The summed E-state index contributed by atoms with van der Waals surface area (Å²) in [5.74, 6) is -0.149. The fraction of sp³-hybridized carbons (Fsp3) is 0.571. The number of nitrogens with one attached hydrogen (secondary N) is 1. The number of piperidine rings is 1. The van der Waals surface area contributed by atoms with Crippen molar-refractivity contribution in [2.24, 2.45) is 0 Å². The van der Waals surface area contributed by atoms with Gasteiger partial charge in [0, 0.05) is 6.04 Å². The summed E-state index contributed by atoms with van der Waals surface area (Å²) >= 11 is 0. The zero-order valence-corrected chi connectivity index (χ0v) is 9.92. The third kappa shape index (κ3) is 1.87. The molecule has 1 unspecified atom stereocenters. The average molecular weight is 235 g/mol. The Bertz CT molecular complexity index is 397. The highest BCUT2D eigenvalue weighted by Gasteiger charge is 2.47. The van der Waals surface area contributed by atoms with Crippen molar-refractivity contribution in [1.82, 2.24) is 5.32 Å². The van der Waals surface area contributed by atoms with Crippen LogP contribution in [0.15, 0.2) is 24.3 Å². The lowest BCUT2D eigenvalue weighted by atomic mass is 9.70. The third-order valence-corrected chi connectivity index (χ3v) is 4.10. The van der Waals surface area contributed by atoms with E-state index >= 15 is 0 Å². The molecule has 17 heavy (non-hydrogen) atoms. The molecule has 2 heterocycles. The number of hydrogen-bond acceptors (Lipinski definition) is 2. The molecule has 2 aliphatic heterocycles. The predicted octanol–water partition coefficient (Wildman–Crippen LogP) is 2.24. The van der Waals surface area contributed by atoms with Gasteiger partial charge in [-0.3, -0.25) is 0 Å². The summed E-state index contributed by atoms with van der Waals surface area (Å²) in [4.78, 5) is 0. The van der Waals surface area contributed by atoms with Gasteiger partial charge < -0.3 is 10.1 Å². The van der Waals surface area contributed by atoms with Crippen molar-refractivity contribution in [1.29, 1.82) is 0 Å². The molecule has 0 amide bonds. The molecule has 2 saturated heterocycles. The Morgan fingerprint density at radius 2 is 2.18 bits per heavy atom. The largest absolute Gasteiger partial charge is 0.379 e. The molecule has 0 bridgehead atoms. The molecule has 0 aromatic heterocycles. The van der Waals surface area contributed by atoms with E-state index in [9.17, 15) is 4.39 Å². The van der Waals surface area contributed by atoms with E-state index in [4.69, 9.17) is 4.74 Å². The minimum absolute atomic E-state index is 0.00250. The van der Waals surface area contributed by atoms with Gasteiger partial charge in [0.05, 0.1) is 18.6 Å². The number of rotatable bonds is 2. The molecule has 1 N–H and O–H groups in total. The molecule has 92 valence electrons. The van der Waals surface area contributed by atoms with E-state index in [2.05, 4.69) is 5.32 Å². The van der Waals surface area contributed by atoms with Crippen LogP contribution in [0.4, 0.5) is 4.39 Å². The van der Waals surface area contributed by atoms with Crippen LogP contribution in [0.5, 0.6) is 0 Å². The Morgan fingerprint density at radius 3 is 2.76 bits per heavy atom. The minimum atomic E-state index is -0.149. The maximum atomic E-state index is 13.4. The summed E-state index contributed by atoms with van der Waals surface area (Å²) in [7, 11) is 0. The van der Waals surface area contributed by atoms with E-state index in [-0.39, 0.29) is 11.2 Å². The molecule has 3 rings (SSSR count). The van der Waals surface area contributed by atoms with E-state index in [1.165, 1.54) is 25.3 Å². The van der Waals surface area contributed by atoms with Crippen molar-refractivity contribution in [3.05, 3.63) is 35.6 Å². The fourth-order valence-electron chi connectivity index (χ4n) is 3.01. The van der Waals surface area contributed by atoms with Gasteiger partial charge in [-0.1, -0.05) is 18.6 Å². The quantitative estimate of drug-likeness (QED) is 0.848. The van der Waals surface area contributed by atoms with Crippen LogP contribution in [-0.4, -0.2) is 25.8 Å². The van der Waals surface area contributed by atoms with Gasteiger partial charge in [-0.25, -0.2) is 4.39 Å². The number of halogens is 1. The van der Waals surface area contributed by atoms with Crippen LogP contribution in [-0.2, 0) is 10.2 Å². The second-order valence-electron chi connectivity index (χ2n) is 5.16. The first-order valence-electron chi connectivity index (χ1n) is 6.38. The fourth-order valence-corrected chi connectivity index (χ4v) is 3.01. The highest BCUT2D eigenvalue weighted by Crippen LogP contribution is 2.38.